The minimum Gasteiger partial charge on any atom is -0.756 e. The number of aliphatic hydroxyl groups is 1. The number of phosphoric ester groups is 1. The van der Waals surface area contributed by atoms with Gasteiger partial charge in [-0.3, -0.25) is 18.3 Å². The molecule has 30 heavy (non-hydrogen) atoms. The molecule has 172 valence electrons. The highest BCUT2D eigenvalue weighted by Gasteiger charge is 2.46. The second kappa shape index (κ2) is 8.47. The highest BCUT2D eigenvalue weighted by atomic mass is 31.3. The molecule has 1 saturated heterocycles. The van der Waals surface area contributed by atoms with Gasteiger partial charge in [0, 0.05) is 6.42 Å². The molecule has 0 bridgehead atoms. The van der Waals surface area contributed by atoms with Crippen LogP contribution in [0.2, 0.25) is 0 Å². The molecule has 16 nitrogen and oxygen atoms in total. The van der Waals surface area contributed by atoms with Crippen LogP contribution in [0.25, 0.3) is 0 Å². The van der Waals surface area contributed by atoms with E-state index in [1.54, 1.807) is 0 Å². The van der Waals surface area contributed by atoms with E-state index in [9.17, 15) is 42.7 Å². The fourth-order valence-electron chi connectivity index (χ4n) is 2.34. The number of aliphatic hydroxyl groups excluding tert-OH is 1. The van der Waals surface area contributed by atoms with E-state index in [0.717, 1.165) is 6.92 Å². The first-order chi connectivity index (χ1) is 13.4. The maximum absolute atomic E-state index is 13.6. The van der Waals surface area contributed by atoms with Gasteiger partial charge in [0.1, 0.15) is 11.8 Å². The van der Waals surface area contributed by atoms with Crippen LogP contribution in [0.5, 0.6) is 0 Å². The molecule has 1 aliphatic heterocycles. The molecule has 1 aliphatic rings. The first-order valence-electron chi connectivity index (χ1n) is 7.56. The van der Waals surface area contributed by atoms with E-state index >= 15 is 0 Å². The Morgan fingerprint density at radius 3 is 2.53 bits per heavy atom. The summed E-state index contributed by atoms with van der Waals surface area (Å²) in [6.07, 6.45) is -2.55. The Kier molecular flexibility index (Phi) is 7.11. The lowest BCUT2D eigenvalue weighted by atomic mass is 10.0. The Balaban J connectivity index is 2.10. The lowest BCUT2D eigenvalue weighted by molar-refractivity contribution is -0.251. The molecule has 0 saturated carbocycles. The van der Waals surface area contributed by atoms with Crippen LogP contribution in [0.4, 0.5) is 10.2 Å². The van der Waals surface area contributed by atoms with Crippen molar-refractivity contribution in [1.82, 2.24) is 9.55 Å². The molecule has 0 spiro atoms. The number of phosphoric acid groups is 3. The molecule has 0 aliphatic carbocycles. The van der Waals surface area contributed by atoms with E-state index in [4.69, 9.17) is 15.4 Å². The third kappa shape index (κ3) is 6.47. The van der Waals surface area contributed by atoms with Gasteiger partial charge in [-0.1, -0.05) is 0 Å². The summed E-state index contributed by atoms with van der Waals surface area (Å²) in [5, 5.41) is 10.1. The van der Waals surface area contributed by atoms with Crippen LogP contribution in [0.1, 0.15) is 19.6 Å². The van der Waals surface area contributed by atoms with Crippen LogP contribution in [0, 0.1) is 5.82 Å². The lowest BCUT2D eigenvalue weighted by Gasteiger charge is -2.35. The van der Waals surface area contributed by atoms with Crippen molar-refractivity contribution in [2.45, 2.75) is 31.3 Å². The van der Waals surface area contributed by atoms with Gasteiger partial charge in [0.15, 0.2) is 11.6 Å². The van der Waals surface area contributed by atoms with Gasteiger partial charge in [0.05, 0.1) is 18.9 Å². The van der Waals surface area contributed by atoms with Gasteiger partial charge in [0.25, 0.3) is 23.5 Å². The molecule has 3 unspecified atom stereocenters. The van der Waals surface area contributed by atoms with Crippen molar-refractivity contribution in [2.75, 3.05) is 12.3 Å². The number of hydrogen-bond donors (Lipinski definition) is 3. The Morgan fingerprint density at radius 1 is 1.37 bits per heavy atom. The average Bonchev–Trinajstić information content (AvgIpc) is 2.81. The van der Waals surface area contributed by atoms with Crippen molar-refractivity contribution in [3.8, 4) is 0 Å². The van der Waals surface area contributed by atoms with Gasteiger partial charge in [-0.25, -0.2) is 17.8 Å². The van der Waals surface area contributed by atoms with Crippen LogP contribution in [0.3, 0.4) is 0 Å². The van der Waals surface area contributed by atoms with Crippen LogP contribution < -0.4 is 26.1 Å². The molecule has 0 aromatic carbocycles. The Labute approximate surface area is 166 Å². The molecular weight excluding hydrogens is 482 g/mol. The molecule has 1 aromatic rings. The maximum atomic E-state index is 13.6. The predicted molar refractivity (Wildman–Crippen MR) is 85.2 cm³/mol. The summed E-state index contributed by atoms with van der Waals surface area (Å²) in [7, 11) is -17.8. The van der Waals surface area contributed by atoms with E-state index < -0.39 is 65.3 Å². The van der Waals surface area contributed by atoms with Gasteiger partial charge < -0.3 is 39.7 Å². The number of rotatable bonds is 8. The third-order valence-corrected chi connectivity index (χ3v) is 7.36. The molecule has 1 aromatic heterocycles. The molecule has 0 radical (unpaired) electrons. The summed E-state index contributed by atoms with van der Waals surface area (Å²) in [4.78, 5) is 56.5. The number of nitrogen functional groups attached to an aromatic ring is 1. The molecule has 6 atom stereocenters. The Morgan fingerprint density at radius 2 is 1.97 bits per heavy atom. The van der Waals surface area contributed by atoms with E-state index in [1.165, 1.54) is 0 Å². The van der Waals surface area contributed by atoms with Crippen molar-refractivity contribution < 1.29 is 60.6 Å². The van der Waals surface area contributed by atoms with E-state index in [-0.39, 0.29) is 6.42 Å². The molecule has 1 fully saturated rings. The minimum atomic E-state index is -6.10. The zero-order chi connectivity index (χ0) is 23.1. The Hall–Kier alpha value is -1.06. The topological polar surface area (TPSA) is 259 Å². The van der Waals surface area contributed by atoms with Crippen molar-refractivity contribution in [3.63, 3.8) is 0 Å². The third-order valence-electron chi connectivity index (χ3n) is 3.69. The molecule has 0 amide bonds. The highest BCUT2D eigenvalue weighted by Crippen LogP contribution is 2.61. The van der Waals surface area contributed by atoms with Gasteiger partial charge >= 0.3 is 5.69 Å². The zero-order valence-electron chi connectivity index (χ0n) is 14.7. The van der Waals surface area contributed by atoms with Crippen LogP contribution in [-0.2, 0) is 31.6 Å². The number of nitrogens with zero attached hydrogens (tertiary/aromatic N) is 2. The highest BCUT2D eigenvalue weighted by molar-refractivity contribution is 7.65. The van der Waals surface area contributed by atoms with Crippen LogP contribution in [-0.4, -0.2) is 37.9 Å². The van der Waals surface area contributed by atoms with Crippen molar-refractivity contribution in [1.29, 1.82) is 0 Å². The number of halogens is 1. The second-order valence-electron chi connectivity index (χ2n) is 6.10. The average molecular weight is 496 g/mol. The van der Waals surface area contributed by atoms with E-state index in [2.05, 4.69) is 18.1 Å². The van der Waals surface area contributed by atoms with Crippen molar-refractivity contribution >= 4 is 29.3 Å². The number of anilines is 1. The first kappa shape index (κ1) is 25.2. The fourth-order valence-corrected chi connectivity index (χ4v) is 5.32. The largest absolute Gasteiger partial charge is 0.756 e. The maximum Gasteiger partial charge on any atom is 0.351 e. The second-order valence-corrected chi connectivity index (χ2v) is 10.4. The number of ether oxygens (including phenoxy) is 1. The Bertz CT molecular complexity index is 1010. The SMILES string of the molecule is C[C@]1(COP(=O)([O-])OP(=O)([O-])OP(=O)([O-])O)O[C@@H](n2cc(F)c(N)nc2=O)C[C@@H]1O. The molecule has 2 heterocycles. The summed E-state index contributed by atoms with van der Waals surface area (Å²) in [6, 6.07) is 0. The normalized spacial score (nSPS) is 30.4. The summed E-state index contributed by atoms with van der Waals surface area (Å²) in [5.41, 5.74) is 2.23. The number of aromatic nitrogens is 2. The molecule has 20 heteroatoms. The van der Waals surface area contributed by atoms with Crippen LogP contribution in [0.15, 0.2) is 11.0 Å². The summed E-state index contributed by atoms with van der Waals surface area (Å²) >= 11 is 0. The van der Waals surface area contributed by atoms with E-state index in [0.29, 0.717) is 10.8 Å². The van der Waals surface area contributed by atoms with Crippen LogP contribution >= 0.6 is 23.5 Å². The number of hydrogen-bond acceptors (Lipinski definition) is 14. The lowest BCUT2D eigenvalue weighted by Crippen LogP contribution is -2.41. The van der Waals surface area contributed by atoms with Gasteiger partial charge in [-0.15, -0.1) is 0 Å². The van der Waals surface area contributed by atoms with E-state index in [1.807, 2.05) is 0 Å². The zero-order valence-corrected chi connectivity index (χ0v) is 17.4. The smallest absolute Gasteiger partial charge is 0.351 e. The quantitative estimate of drug-likeness (QED) is 0.313. The van der Waals surface area contributed by atoms with Gasteiger partial charge in [0.2, 0.25) is 0 Å². The molecular formula is C10H14FN3O13P3-3. The molecule has 4 N–H and O–H groups in total. The summed E-state index contributed by atoms with van der Waals surface area (Å²) in [6.45, 7) is 0.0237. The summed E-state index contributed by atoms with van der Waals surface area (Å²) in [5.74, 6) is -1.75. The van der Waals surface area contributed by atoms with Gasteiger partial charge in [-0.05, 0) is 6.92 Å². The van der Waals surface area contributed by atoms with Crippen molar-refractivity contribution in [2.24, 2.45) is 0 Å². The fraction of sp³-hybridized carbons (Fsp3) is 0.600. The van der Waals surface area contributed by atoms with Gasteiger partial charge in [-0.2, -0.15) is 4.98 Å². The standard InChI is InChI=1S/C10H17FN3O13P3/c1-10(4-24-29(20,21)27-30(22,23)26-28(17,18)19)6(15)2-7(25-10)14-3-5(11)8(12)13-9(14)16/h3,6-7,15H,2,4H2,1H3,(H,20,21)(H,22,23)(H2,12,13,16)(H2,17,18,19)/p-3/t6-,7+,10+/m0/s1. The molecule has 2 rings (SSSR count). The number of nitrogens with two attached hydrogens (primary N) is 1. The minimum absolute atomic E-state index is 0.359. The van der Waals surface area contributed by atoms with Crippen molar-refractivity contribution in [3.05, 3.63) is 22.5 Å². The monoisotopic (exact) mass is 496 g/mol. The first-order valence-corrected chi connectivity index (χ1v) is 12.0. The predicted octanol–water partition coefficient (Wildman–Crippen LogP) is -2.55. The summed E-state index contributed by atoms with van der Waals surface area (Å²) < 4.78 is 63.5.